The van der Waals surface area contributed by atoms with E-state index >= 15 is 0 Å². The lowest BCUT2D eigenvalue weighted by molar-refractivity contribution is -0.163. The van der Waals surface area contributed by atoms with Crippen molar-refractivity contribution in [2.45, 2.75) is 102 Å². The Kier molecular flexibility index (Phi) is 5.20. The van der Waals surface area contributed by atoms with Gasteiger partial charge in [0.25, 0.3) is 0 Å². The fourth-order valence-electron chi connectivity index (χ4n) is 9.15. The minimum Gasteiger partial charge on any atom is -0.456 e. The van der Waals surface area contributed by atoms with E-state index in [2.05, 4.69) is 0 Å². The number of rotatable bonds is 3. The van der Waals surface area contributed by atoms with Crippen LogP contribution in [0.3, 0.4) is 0 Å². The number of cyclic esters (lactones) is 1. The molecular formula is C29H36O9. The topological polar surface area (TPSA) is 136 Å². The standard InChI is InChI=1S/C29H36O9/c1-14(8-16-9-15(2)24(33)36-16)23(32)26(5)12-20(30)29(35)18-7-6-17-25(3,4)37-21-10-22(31)38-28(17,21)13-27(18,34)11-19(26)29/h8-9,14,17-19,21,34-35H,6-7,10-13H2,1-5H3/b16-8-/t14-,17-,18+,19+,21+,26+,27-,28+,29-/m0/s1. The summed E-state index contributed by atoms with van der Waals surface area (Å²) in [6.07, 6.45) is 3.57. The molecule has 3 aliphatic carbocycles. The van der Waals surface area contributed by atoms with Gasteiger partial charge in [-0.3, -0.25) is 14.4 Å². The first-order valence-electron chi connectivity index (χ1n) is 13.6. The number of ether oxygens (including phenoxy) is 3. The summed E-state index contributed by atoms with van der Waals surface area (Å²) in [5.74, 6) is -3.69. The Labute approximate surface area is 221 Å². The molecule has 38 heavy (non-hydrogen) atoms. The summed E-state index contributed by atoms with van der Waals surface area (Å²) in [6.45, 7) is 8.92. The van der Waals surface area contributed by atoms with Gasteiger partial charge in [-0.1, -0.05) is 13.8 Å². The van der Waals surface area contributed by atoms with Gasteiger partial charge in [-0.15, -0.1) is 0 Å². The maximum Gasteiger partial charge on any atom is 0.339 e. The lowest BCUT2D eigenvalue weighted by atomic mass is 9.68. The zero-order chi connectivity index (χ0) is 27.6. The SMILES string of the molecule is CC1=C/C(=C/[C@H](C)C(=O)[C@]2(C)CC(=O)[C@]3(O)[C@@H]4CC[C@H]5C(C)(C)O[C@@H]6CC(=O)O[C@@]65C[C@@]4(O)C[C@@H]32)OC1=O. The number of Topliss-reactive ketones (excluding diaryl/α,β-unsaturated/α-hetero) is 2. The van der Waals surface area contributed by atoms with Crippen LogP contribution in [0.25, 0.3) is 0 Å². The number of allylic oxidation sites excluding steroid dienone is 2. The summed E-state index contributed by atoms with van der Waals surface area (Å²) in [5, 5.41) is 24.3. The van der Waals surface area contributed by atoms with Gasteiger partial charge in [-0.2, -0.15) is 0 Å². The first-order chi connectivity index (χ1) is 17.6. The van der Waals surface area contributed by atoms with Gasteiger partial charge in [0.05, 0.1) is 17.6 Å². The highest BCUT2D eigenvalue weighted by Crippen LogP contribution is 2.68. The first kappa shape index (κ1) is 25.9. The molecule has 9 heteroatoms. The lowest BCUT2D eigenvalue weighted by Gasteiger charge is -2.39. The summed E-state index contributed by atoms with van der Waals surface area (Å²) in [6, 6.07) is 0. The molecule has 0 aromatic heterocycles. The van der Waals surface area contributed by atoms with Crippen LogP contribution >= 0.6 is 0 Å². The molecule has 6 aliphatic rings. The molecular weight excluding hydrogens is 492 g/mol. The lowest BCUT2D eigenvalue weighted by Crippen LogP contribution is -2.52. The molecule has 2 N–H and O–H groups in total. The van der Waals surface area contributed by atoms with Crippen molar-refractivity contribution in [3.05, 3.63) is 23.5 Å². The van der Waals surface area contributed by atoms with Gasteiger partial charge in [0, 0.05) is 47.5 Å². The molecule has 2 saturated heterocycles. The molecule has 0 unspecified atom stereocenters. The van der Waals surface area contributed by atoms with Crippen LogP contribution in [0.2, 0.25) is 0 Å². The zero-order valence-electron chi connectivity index (χ0n) is 22.5. The zero-order valence-corrected chi connectivity index (χ0v) is 22.5. The summed E-state index contributed by atoms with van der Waals surface area (Å²) in [4.78, 5) is 51.6. The third-order valence-electron chi connectivity index (χ3n) is 10.7. The van der Waals surface area contributed by atoms with Crippen LogP contribution in [0.15, 0.2) is 23.5 Å². The second-order valence-corrected chi connectivity index (χ2v) is 13.3. The van der Waals surface area contributed by atoms with Crippen molar-refractivity contribution in [2.24, 2.45) is 29.1 Å². The maximum atomic E-state index is 13.9. The van der Waals surface area contributed by atoms with Gasteiger partial charge in [0.1, 0.15) is 28.8 Å². The van der Waals surface area contributed by atoms with Crippen molar-refractivity contribution in [1.29, 1.82) is 0 Å². The average Bonchev–Trinajstić information content (AvgIpc) is 3.43. The smallest absolute Gasteiger partial charge is 0.339 e. The molecule has 6 rings (SSSR count). The van der Waals surface area contributed by atoms with E-state index in [0.717, 1.165) is 0 Å². The highest BCUT2D eigenvalue weighted by molar-refractivity contribution is 6.01. The molecule has 9 nitrogen and oxygen atoms in total. The van der Waals surface area contributed by atoms with Crippen LogP contribution in [0.1, 0.15) is 73.1 Å². The van der Waals surface area contributed by atoms with Crippen molar-refractivity contribution in [2.75, 3.05) is 0 Å². The third kappa shape index (κ3) is 3.15. The minimum atomic E-state index is -1.86. The van der Waals surface area contributed by atoms with Crippen molar-refractivity contribution < 1.29 is 43.6 Å². The molecule has 9 atom stereocenters. The number of ketones is 2. The highest BCUT2D eigenvalue weighted by Gasteiger charge is 2.78. The Balaban J connectivity index is 1.35. The number of carbonyl (C=O) groups excluding carboxylic acids is 4. The number of hydrogen-bond donors (Lipinski definition) is 2. The monoisotopic (exact) mass is 528 g/mol. The molecule has 0 bridgehead atoms. The maximum absolute atomic E-state index is 13.9. The molecule has 3 aliphatic heterocycles. The summed E-state index contributed by atoms with van der Waals surface area (Å²) < 4.78 is 17.4. The van der Waals surface area contributed by atoms with Gasteiger partial charge in [-0.25, -0.2) is 4.79 Å². The van der Waals surface area contributed by atoms with Crippen LogP contribution in [0.4, 0.5) is 0 Å². The van der Waals surface area contributed by atoms with E-state index in [-0.39, 0.29) is 49.1 Å². The van der Waals surface area contributed by atoms with Crippen molar-refractivity contribution in [3.8, 4) is 0 Å². The fraction of sp³-hybridized carbons (Fsp3) is 0.724. The van der Waals surface area contributed by atoms with Crippen LogP contribution in [0.5, 0.6) is 0 Å². The van der Waals surface area contributed by atoms with Gasteiger partial charge in [0.2, 0.25) is 0 Å². The quantitative estimate of drug-likeness (QED) is 0.529. The Bertz CT molecular complexity index is 1230. The molecule has 0 amide bonds. The van der Waals surface area contributed by atoms with Crippen molar-refractivity contribution >= 4 is 23.5 Å². The number of hydrogen-bond acceptors (Lipinski definition) is 9. The Morgan fingerprint density at radius 2 is 1.79 bits per heavy atom. The number of aliphatic hydroxyl groups is 2. The van der Waals surface area contributed by atoms with Crippen LogP contribution in [-0.4, -0.2) is 62.2 Å². The Morgan fingerprint density at radius 3 is 2.45 bits per heavy atom. The van der Waals surface area contributed by atoms with Crippen LogP contribution in [0, 0.1) is 29.1 Å². The van der Waals surface area contributed by atoms with E-state index in [1.807, 2.05) is 13.8 Å². The summed E-state index contributed by atoms with van der Waals surface area (Å²) in [7, 11) is 0. The van der Waals surface area contributed by atoms with E-state index < -0.39 is 63.4 Å². The van der Waals surface area contributed by atoms with Gasteiger partial charge in [-0.05, 0) is 52.2 Å². The van der Waals surface area contributed by atoms with E-state index in [9.17, 15) is 29.4 Å². The molecule has 0 aromatic carbocycles. The molecule has 3 heterocycles. The highest BCUT2D eigenvalue weighted by atomic mass is 16.6. The largest absolute Gasteiger partial charge is 0.456 e. The summed E-state index contributed by atoms with van der Waals surface area (Å²) >= 11 is 0. The predicted molar refractivity (Wildman–Crippen MR) is 131 cm³/mol. The number of carbonyl (C=O) groups is 4. The molecule has 0 radical (unpaired) electrons. The second-order valence-electron chi connectivity index (χ2n) is 13.3. The number of fused-ring (bicyclic) bond motifs is 3. The predicted octanol–water partition coefficient (Wildman–Crippen LogP) is 2.32. The first-order valence-corrected chi connectivity index (χ1v) is 13.6. The van der Waals surface area contributed by atoms with E-state index in [1.54, 1.807) is 32.9 Å². The minimum absolute atomic E-state index is 0.0403. The molecule has 206 valence electrons. The normalized spacial score (nSPS) is 48.6. The van der Waals surface area contributed by atoms with Gasteiger partial charge < -0.3 is 24.4 Å². The van der Waals surface area contributed by atoms with E-state index in [1.165, 1.54) is 0 Å². The Hall–Kier alpha value is -2.36. The van der Waals surface area contributed by atoms with Crippen molar-refractivity contribution in [1.82, 2.24) is 0 Å². The molecule has 0 aromatic rings. The fourth-order valence-corrected chi connectivity index (χ4v) is 9.15. The third-order valence-corrected chi connectivity index (χ3v) is 10.7. The number of esters is 2. The molecule has 5 fully saturated rings. The van der Waals surface area contributed by atoms with E-state index in [0.29, 0.717) is 18.4 Å². The average molecular weight is 529 g/mol. The second kappa shape index (κ2) is 7.64. The van der Waals surface area contributed by atoms with Crippen LogP contribution in [-0.2, 0) is 33.4 Å². The molecule has 3 saturated carbocycles. The molecule has 1 spiro atoms. The van der Waals surface area contributed by atoms with Crippen molar-refractivity contribution in [3.63, 3.8) is 0 Å². The summed E-state index contributed by atoms with van der Waals surface area (Å²) in [5.41, 5.74) is -5.78. The van der Waals surface area contributed by atoms with E-state index in [4.69, 9.17) is 14.2 Å². The van der Waals surface area contributed by atoms with Gasteiger partial charge >= 0.3 is 11.9 Å². The van der Waals surface area contributed by atoms with Crippen LogP contribution < -0.4 is 0 Å². The van der Waals surface area contributed by atoms with Gasteiger partial charge in [0.15, 0.2) is 5.78 Å². The Morgan fingerprint density at radius 1 is 1.11 bits per heavy atom.